The molecule has 2 saturated heterocycles. The van der Waals surface area contributed by atoms with Crippen molar-refractivity contribution in [3.8, 4) is 0 Å². The number of likely N-dealkylation sites (tertiary alicyclic amines) is 2. The van der Waals surface area contributed by atoms with Gasteiger partial charge in [-0.05, 0) is 49.9 Å². The van der Waals surface area contributed by atoms with E-state index in [0.29, 0.717) is 24.5 Å². The van der Waals surface area contributed by atoms with Crippen LogP contribution in [0, 0.1) is 0 Å². The van der Waals surface area contributed by atoms with E-state index < -0.39 is 0 Å². The summed E-state index contributed by atoms with van der Waals surface area (Å²) in [6.45, 7) is 4.17. The molecule has 0 saturated carbocycles. The molecule has 1 aromatic heterocycles. The van der Waals surface area contributed by atoms with E-state index in [0.717, 1.165) is 50.1 Å². The molecule has 0 bridgehead atoms. The Hall–Kier alpha value is -2.63. The monoisotopic (exact) mass is 418 g/mol. The molecule has 0 aliphatic carbocycles. The molecule has 2 aliphatic heterocycles. The number of para-hydroxylation sites is 1. The minimum absolute atomic E-state index is 0.0128. The van der Waals surface area contributed by atoms with Crippen molar-refractivity contribution in [2.75, 3.05) is 26.2 Å². The summed E-state index contributed by atoms with van der Waals surface area (Å²) in [5.74, 6) is 0.465. The summed E-state index contributed by atoms with van der Waals surface area (Å²) in [6, 6.07) is 21.1. The molecule has 3 aromatic rings. The van der Waals surface area contributed by atoms with Crippen LogP contribution in [0.1, 0.15) is 41.8 Å². The molecule has 5 nitrogen and oxygen atoms in total. The van der Waals surface area contributed by atoms with Gasteiger partial charge in [-0.25, -0.2) is 0 Å². The van der Waals surface area contributed by atoms with Crippen molar-refractivity contribution in [1.29, 1.82) is 0 Å². The van der Waals surface area contributed by atoms with Gasteiger partial charge in [-0.1, -0.05) is 48.5 Å². The molecule has 2 aromatic carbocycles. The van der Waals surface area contributed by atoms with Crippen LogP contribution in [0.2, 0.25) is 0 Å². The number of hydrogen-bond acceptors (Lipinski definition) is 4. The number of carbonyl (C=O) groups is 1. The van der Waals surface area contributed by atoms with Crippen molar-refractivity contribution in [2.24, 2.45) is 0 Å². The average Bonchev–Trinajstić information content (AvgIpc) is 3.46. The molecule has 1 amide bonds. The predicted molar refractivity (Wildman–Crippen MR) is 121 cm³/mol. The standard InChI is InChI=1S/C26H30N2O3/c29-26(25-17-21-9-4-5-11-24(21)31-25)27-15-12-22(13-16-27)28-14-6-10-23(28)19-30-18-20-7-2-1-3-8-20/h1-5,7-9,11,17,22-23H,6,10,12-16,18-19H2/t23-/m1/s1. The quantitative estimate of drug-likeness (QED) is 0.581. The van der Waals surface area contributed by atoms with Gasteiger partial charge < -0.3 is 14.1 Å². The van der Waals surface area contributed by atoms with Crippen LogP contribution in [0.3, 0.4) is 0 Å². The van der Waals surface area contributed by atoms with Crippen LogP contribution < -0.4 is 0 Å². The number of amides is 1. The fraction of sp³-hybridized carbons (Fsp3) is 0.423. The Balaban J connectivity index is 1.13. The number of benzene rings is 2. The maximum atomic E-state index is 12.9. The Bertz CT molecular complexity index is 975. The van der Waals surface area contributed by atoms with E-state index in [1.807, 2.05) is 41.3 Å². The molecule has 1 atom stereocenters. The van der Waals surface area contributed by atoms with Gasteiger partial charge in [-0.15, -0.1) is 0 Å². The molecular formula is C26H30N2O3. The molecular weight excluding hydrogens is 388 g/mol. The second kappa shape index (κ2) is 9.25. The van der Waals surface area contributed by atoms with Gasteiger partial charge in [0.1, 0.15) is 5.58 Å². The zero-order chi connectivity index (χ0) is 21.0. The minimum Gasteiger partial charge on any atom is -0.451 e. The lowest BCUT2D eigenvalue weighted by Gasteiger charge is -2.39. The van der Waals surface area contributed by atoms with Crippen molar-refractivity contribution < 1.29 is 13.9 Å². The summed E-state index contributed by atoms with van der Waals surface area (Å²) < 4.78 is 11.8. The molecule has 31 heavy (non-hydrogen) atoms. The second-order valence-corrected chi connectivity index (χ2v) is 8.71. The Morgan fingerprint density at radius 3 is 2.55 bits per heavy atom. The van der Waals surface area contributed by atoms with E-state index in [1.54, 1.807) is 0 Å². The van der Waals surface area contributed by atoms with Crippen molar-refractivity contribution in [3.63, 3.8) is 0 Å². The lowest BCUT2D eigenvalue weighted by molar-refractivity contribution is 0.0307. The maximum Gasteiger partial charge on any atom is 0.289 e. The van der Waals surface area contributed by atoms with Crippen LogP contribution in [0.15, 0.2) is 65.1 Å². The van der Waals surface area contributed by atoms with Crippen molar-refractivity contribution in [1.82, 2.24) is 9.80 Å². The molecule has 3 heterocycles. The molecule has 0 N–H and O–H groups in total. The number of carbonyl (C=O) groups excluding carboxylic acids is 1. The molecule has 0 spiro atoms. The maximum absolute atomic E-state index is 12.9. The lowest BCUT2D eigenvalue weighted by atomic mass is 10.0. The molecule has 0 radical (unpaired) electrons. The molecule has 5 rings (SSSR count). The first-order valence-electron chi connectivity index (χ1n) is 11.4. The third-order valence-corrected chi connectivity index (χ3v) is 6.70. The Morgan fingerprint density at radius 2 is 1.74 bits per heavy atom. The molecule has 5 heteroatoms. The highest BCUT2D eigenvalue weighted by Crippen LogP contribution is 2.28. The SMILES string of the molecule is O=C(c1cc2ccccc2o1)N1CCC(N2CCC[C@@H]2COCc2ccccc2)CC1. The normalized spacial score (nSPS) is 20.5. The molecule has 0 unspecified atom stereocenters. The predicted octanol–water partition coefficient (Wildman–Crippen LogP) is 4.72. The third kappa shape index (κ3) is 4.53. The number of furan rings is 1. The minimum atomic E-state index is 0.0128. The first kappa shape index (κ1) is 20.3. The van der Waals surface area contributed by atoms with Gasteiger partial charge in [0.2, 0.25) is 0 Å². The van der Waals surface area contributed by atoms with Crippen LogP contribution >= 0.6 is 0 Å². The van der Waals surface area contributed by atoms with E-state index in [4.69, 9.17) is 9.15 Å². The Labute approximate surface area is 183 Å². The van der Waals surface area contributed by atoms with Crippen molar-refractivity contribution in [3.05, 3.63) is 72.0 Å². The number of piperidine rings is 1. The van der Waals surface area contributed by atoms with Gasteiger partial charge in [0.15, 0.2) is 5.76 Å². The number of rotatable bonds is 6. The van der Waals surface area contributed by atoms with Gasteiger partial charge >= 0.3 is 0 Å². The summed E-state index contributed by atoms with van der Waals surface area (Å²) >= 11 is 0. The van der Waals surface area contributed by atoms with Gasteiger partial charge in [-0.3, -0.25) is 9.69 Å². The highest BCUT2D eigenvalue weighted by molar-refractivity contribution is 5.96. The zero-order valence-corrected chi connectivity index (χ0v) is 17.9. The van der Waals surface area contributed by atoms with Crippen LogP contribution in [-0.4, -0.2) is 54.0 Å². The Kier molecular flexibility index (Phi) is 6.05. The molecule has 2 fully saturated rings. The van der Waals surface area contributed by atoms with E-state index in [9.17, 15) is 4.79 Å². The second-order valence-electron chi connectivity index (χ2n) is 8.71. The summed E-state index contributed by atoms with van der Waals surface area (Å²) in [6.07, 6.45) is 4.46. The largest absolute Gasteiger partial charge is 0.451 e. The van der Waals surface area contributed by atoms with E-state index in [-0.39, 0.29) is 5.91 Å². The van der Waals surface area contributed by atoms with Gasteiger partial charge in [-0.2, -0.15) is 0 Å². The van der Waals surface area contributed by atoms with E-state index in [1.165, 1.54) is 18.4 Å². The first-order chi connectivity index (χ1) is 15.3. The lowest BCUT2D eigenvalue weighted by Crippen LogP contribution is -2.49. The molecule has 162 valence electrons. The summed E-state index contributed by atoms with van der Waals surface area (Å²) in [5, 5.41) is 0.983. The van der Waals surface area contributed by atoms with Gasteiger partial charge in [0, 0.05) is 30.6 Å². The smallest absolute Gasteiger partial charge is 0.289 e. The topological polar surface area (TPSA) is 45.9 Å². The highest BCUT2D eigenvalue weighted by Gasteiger charge is 2.34. The van der Waals surface area contributed by atoms with Gasteiger partial charge in [0.05, 0.1) is 13.2 Å². The number of nitrogens with zero attached hydrogens (tertiary/aromatic N) is 2. The summed E-state index contributed by atoms with van der Waals surface area (Å²) in [5.41, 5.74) is 2.00. The zero-order valence-electron chi connectivity index (χ0n) is 17.9. The van der Waals surface area contributed by atoms with Crippen LogP contribution in [0.25, 0.3) is 11.0 Å². The van der Waals surface area contributed by atoms with Crippen LogP contribution in [-0.2, 0) is 11.3 Å². The van der Waals surface area contributed by atoms with E-state index >= 15 is 0 Å². The fourth-order valence-electron chi connectivity index (χ4n) is 5.05. The number of fused-ring (bicyclic) bond motifs is 1. The summed E-state index contributed by atoms with van der Waals surface area (Å²) in [4.78, 5) is 17.5. The van der Waals surface area contributed by atoms with E-state index in [2.05, 4.69) is 29.2 Å². The summed E-state index contributed by atoms with van der Waals surface area (Å²) in [7, 11) is 0. The number of ether oxygens (including phenoxy) is 1. The highest BCUT2D eigenvalue weighted by atomic mass is 16.5. The van der Waals surface area contributed by atoms with Gasteiger partial charge in [0.25, 0.3) is 5.91 Å². The fourth-order valence-corrected chi connectivity index (χ4v) is 5.05. The van der Waals surface area contributed by atoms with Crippen molar-refractivity contribution >= 4 is 16.9 Å². The van der Waals surface area contributed by atoms with Crippen LogP contribution in [0.5, 0.6) is 0 Å². The number of hydrogen-bond donors (Lipinski definition) is 0. The average molecular weight is 419 g/mol. The first-order valence-corrected chi connectivity index (χ1v) is 11.4. The molecule has 2 aliphatic rings. The Morgan fingerprint density at radius 1 is 0.968 bits per heavy atom. The third-order valence-electron chi connectivity index (χ3n) is 6.70. The van der Waals surface area contributed by atoms with Crippen molar-refractivity contribution in [2.45, 2.75) is 44.4 Å². The van der Waals surface area contributed by atoms with Crippen LogP contribution in [0.4, 0.5) is 0 Å².